The fourth-order valence-corrected chi connectivity index (χ4v) is 3.07. The summed E-state index contributed by atoms with van der Waals surface area (Å²) in [6.07, 6.45) is 4.06. The van der Waals surface area contributed by atoms with E-state index in [-0.39, 0.29) is 0 Å². The standard InChI is InChI=1S/C12H10BrN3S/c13-11-3-2-10(17-11)9-7-16-6-8(5-14)1-4-12(16)15-9/h1-4,6-7H,5,14H2. The van der Waals surface area contributed by atoms with Crippen LogP contribution >= 0.6 is 27.3 Å². The maximum Gasteiger partial charge on any atom is 0.137 e. The van der Waals surface area contributed by atoms with Gasteiger partial charge in [0.25, 0.3) is 0 Å². The van der Waals surface area contributed by atoms with E-state index >= 15 is 0 Å². The zero-order valence-corrected chi connectivity index (χ0v) is 11.3. The van der Waals surface area contributed by atoms with E-state index < -0.39 is 0 Å². The third kappa shape index (κ3) is 2.01. The van der Waals surface area contributed by atoms with Gasteiger partial charge in [-0.1, -0.05) is 6.07 Å². The second kappa shape index (κ2) is 4.25. The molecule has 3 nitrogen and oxygen atoms in total. The molecule has 0 amide bonds. The van der Waals surface area contributed by atoms with E-state index in [4.69, 9.17) is 5.73 Å². The average molecular weight is 308 g/mol. The van der Waals surface area contributed by atoms with Crippen molar-refractivity contribution in [1.82, 2.24) is 9.38 Å². The minimum atomic E-state index is 0.550. The van der Waals surface area contributed by atoms with E-state index in [0.29, 0.717) is 6.54 Å². The molecule has 0 atom stereocenters. The molecular weight excluding hydrogens is 298 g/mol. The Kier molecular flexibility index (Phi) is 2.74. The van der Waals surface area contributed by atoms with Crippen LogP contribution in [0.15, 0.2) is 40.4 Å². The van der Waals surface area contributed by atoms with Crippen LogP contribution in [0.3, 0.4) is 0 Å². The SMILES string of the molecule is NCc1ccc2nc(-c3ccc(Br)s3)cn2c1. The summed E-state index contributed by atoms with van der Waals surface area (Å²) in [5.74, 6) is 0. The monoisotopic (exact) mass is 307 g/mol. The van der Waals surface area contributed by atoms with Crippen LogP contribution in [-0.4, -0.2) is 9.38 Å². The summed E-state index contributed by atoms with van der Waals surface area (Å²) in [4.78, 5) is 5.75. The summed E-state index contributed by atoms with van der Waals surface area (Å²) in [5, 5.41) is 0. The molecule has 0 radical (unpaired) electrons. The smallest absolute Gasteiger partial charge is 0.137 e. The van der Waals surface area contributed by atoms with Crippen LogP contribution < -0.4 is 5.73 Å². The largest absolute Gasteiger partial charge is 0.326 e. The first kappa shape index (κ1) is 11.0. The number of pyridine rings is 1. The molecule has 0 saturated heterocycles. The number of halogens is 1. The molecule has 5 heteroatoms. The first-order chi connectivity index (χ1) is 8.26. The second-order valence-corrected chi connectivity index (χ2v) is 6.20. The van der Waals surface area contributed by atoms with Crippen LogP contribution in [0.5, 0.6) is 0 Å². The lowest BCUT2D eigenvalue weighted by atomic mass is 10.3. The molecule has 0 aliphatic heterocycles. The highest BCUT2D eigenvalue weighted by molar-refractivity contribution is 9.11. The zero-order valence-electron chi connectivity index (χ0n) is 8.93. The van der Waals surface area contributed by atoms with E-state index in [1.807, 2.05) is 35.0 Å². The Labute approximate surface area is 111 Å². The summed E-state index contributed by atoms with van der Waals surface area (Å²) in [6.45, 7) is 0.550. The highest BCUT2D eigenvalue weighted by Crippen LogP contribution is 2.30. The van der Waals surface area contributed by atoms with Crippen molar-refractivity contribution in [2.75, 3.05) is 0 Å². The quantitative estimate of drug-likeness (QED) is 0.789. The molecule has 3 aromatic heterocycles. The van der Waals surface area contributed by atoms with Crippen LogP contribution in [-0.2, 0) is 6.54 Å². The van der Waals surface area contributed by atoms with Crippen LogP contribution in [0.2, 0.25) is 0 Å². The van der Waals surface area contributed by atoms with Gasteiger partial charge < -0.3 is 10.1 Å². The molecule has 2 N–H and O–H groups in total. The fourth-order valence-electron chi connectivity index (χ4n) is 1.73. The van der Waals surface area contributed by atoms with Gasteiger partial charge in [0.05, 0.1) is 14.4 Å². The van der Waals surface area contributed by atoms with Crippen molar-refractivity contribution in [3.05, 3.63) is 46.0 Å². The minimum absolute atomic E-state index is 0.550. The number of hydrogen-bond donors (Lipinski definition) is 1. The Bertz CT molecular complexity index is 671. The lowest BCUT2D eigenvalue weighted by molar-refractivity contribution is 1.03. The van der Waals surface area contributed by atoms with Crippen LogP contribution in [0, 0.1) is 0 Å². The topological polar surface area (TPSA) is 43.3 Å². The summed E-state index contributed by atoms with van der Waals surface area (Å²) in [6, 6.07) is 8.11. The molecule has 0 spiro atoms. The molecule has 0 fully saturated rings. The molecule has 0 saturated carbocycles. The number of rotatable bonds is 2. The lowest BCUT2D eigenvalue weighted by Crippen LogP contribution is -1.97. The third-order valence-electron chi connectivity index (χ3n) is 2.57. The normalized spacial score (nSPS) is 11.2. The number of imidazole rings is 1. The molecule has 0 unspecified atom stereocenters. The Balaban J connectivity index is 2.13. The minimum Gasteiger partial charge on any atom is -0.326 e. The van der Waals surface area contributed by atoms with Gasteiger partial charge in [-0.3, -0.25) is 0 Å². The van der Waals surface area contributed by atoms with Gasteiger partial charge in [-0.2, -0.15) is 0 Å². The molecule has 86 valence electrons. The maximum atomic E-state index is 5.62. The molecule has 0 aliphatic carbocycles. The number of fused-ring (bicyclic) bond motifs is 1. The fraction of sp³-hybridized carbons (Fsp3) is 0.0833. The van der Waals surface area contributed by atoms with Gasteiger partial charge in [0.2, 0.25) is 0 Å². The third-order valence-corrected chi connectivity index (χ3v) is 4.22. The Morgan fingerprint density at radius 1 is 1.24 bits per heavy atom. The Morgan fingerprint density at radius 3 is 2.82 bits per heavy atom. The summed E-state index contributed by atoms with van der Waals surface area (Å²) in [7, 11) is 0. The maximum absolute atomic E-state index is 5.62. The first-order valence-corrected chi connectivity index (χ1v) is 6.80. The van der Waals surface area contributed by atoms with Gasteiger partial charge in [-0.15, -0.1) is 11.3 Å². The highest BCUT2D eigenvalue weighted by atomic mass is 79.9. The van der Waals surface area contributed by atoms with Crippen LogP contribution in [0.4, 0.5) is 0 Å². The Hall–Kier alpha value is -1.17. The van der Waals surface area contributed by atoms with E-state index in [2.05, 4.69) is 27.0 Å². The number of nitrogens with two attached hydrogens (primary N) is 1. The van der Waals surface area contributed by atoms with Gasteiger partial charge in [0, 0.05) is 18.9 Å². The van der Waals surface area contributed by atoms with Crippen molar-refractivity contribution in [3.63, 3.8) is 0 Å². The van der Waals surface area contributed by atoms with Crippen LogP contribution in [0.1, 0.15) is 5.56 Å². The molecule has 17 heavy (non-hydrogen) atoms. The molecule has 0 aromatic carbocycles. The molecule has 3 heterocycles. The number of aromatic nitrogens is 2. The highest BCUT2D eigenvalue weighted by Gasteiger charge is 2.06. The summed E-state index contributed by atoms with van der Waals surface area (Å²) < 4.78 is 3.14. The van der Waals surface area contributed by atoms with Crippen molar-refractivity contribution < 1.29 is 0 Å². The van der Waals surface area contributed by atoms with Crippen molar-refractivity contribution >= 4 is 32.9 Å². The van der Waals surface area contributed by atoms with Gasteiger partial charge >= 0.3 is 0 Å². The van der Waals surface area contributed by atoms with Crippen molar-refractivity contribution in [2.24, 2.45) is 5.73 Å². The van der Waals surface area contributed by atoms with Gasteiger partial charge in [-0.25, -0.2) is 4.98 Å². The lowest BCUT2D eigenvalue weighted by Gasteiger charge is -1.96. The van der Waals surface area contributed by atoms with E-state index in [1.165, 1.54) is 0 Å². The number of thiophene rings is 1. The predicted molar refractivity (Wildman–Crippen MR) is 74.1 cm³/mol. The van der Waals surface area contributed by atoms with E-state index in [1.54, 1.807) is 11.3 Å². The van der Waals surface area contributed by atoms with Crippen molar-refractivity contribution in [1.29, 1.82) is 0 Å². The van der Waals surface area contributed by atoms with E-state index in [9.17, 15) is 0 Å². The predicted octanol–water partition coefficient (Wildman–Crippen LogP) is 3.28. The average Bonchev–Trinajstić information content (AvgIpc) is 2.93. The van der Waals surface area contributed by atoms with Crippen LogP contribution in [0.25, 0.3) is 16.2 Å². The Morgan fingerprint density at radius 2 is 2.12 bits per heavy atom. The summed E-state index contributed by atoms with van der Waals surface area (Å²) in [5.41, 5.74) is 8.67. The molecular formula is C12H10BrN3S. The zero-order chi connectivity index (χ0) is 11.8. The van der Waals surface area contributed by atoms with Crippen molar-refractivity contribution in [2.45, 2.75) is 6.54 Å². The molecule has 3 aromatic rings. The first-order valence-electron chi connectivity index (χ1n) is 5.19. The van der Waals surface area contributed by atoms with Gasteiger partial charge in [-0.05, 0) is 39.7 Å². The molecule has 0 aliphatic rings. The van der Waals surface area contributed by atoms with Crippen molar-refractivity contribution in [3.8, 4) is 10.6 Å². The molecule has 3 rings (SSSR count). The summed E-state index contributed by atoms with van der Waals surface area (Å²) >= 11 is 5.15. The van der Waals surface area contributed by atoms with E-state index in [0.717, 1.165) is 25.6 Å². The second-order valence-electron chi connectivity index (χ2n) is 3.74. The number of hydrogen-bond acceptors (Lipinski definition) is 3. The molecule has 0 bridgehead atoms. The van der Waals surface area contributed by atoms with Gasteiger partial charge in [0.1, 0.15) is 5.65 Å². The number of nitrogens with zero attached hydrogens (tertiary/aromatic N) is 2. The van der Waals surface area contributed by atoms with Gasteiger partial charge in [0.15, 0.2) is 0 Å².